The van der Waals surface area contributed by atoms with E-state index in [1.165, 1.54) is 12.8 Å². The molecule has 0 saturated carbocycles. The molecule has 0 amide bonds. The molecule has 0 aliphatic carbocycles. The Balaban J connectivity index is 1.00. The van der Waals surface area contributed by atoms with Crippen LogP contribution in [0.5, 0.6) is 11.5 Å². The Morgan fingerprint density at radius 3 is 1.51 bits per heavy atom. The van der Waals surface area contributed by atoms with Gasteiger partial charge in [0.15, 0.2) is 18.4 Å². The maximum Gasteiger partial charge on any atom is 0.167 e. The number of ketones is 1. The monoisotopic (exact) mass is 596 g/mol. The summed E-state index contributed by atoms with van der Waals surface area (Å²) in [4.78, 5) is 12.8. The molecule has 43 heavy (non-hydrogen) atoms. The number of hydrogen-bond donors (Lipinski definition) is 0. The number of carbonyl (C=O) groups is 1. The van der Waals surface area contributed by atoms with Crippen LogP contribution in [0.25, 0.3) is 0 Å². The van der Waals surface area contributed by atoms with E-state index >= 15 is 0 Å². The molecule has 0 bridgehead atoms. The predicted molar refractivity (Wildman–Crippen MR) is 168 cm³/mol. The van der Waals surface area contributed by atoms with E-state index in [0.717, 1.165) is 121 Å². The molecule has 238 valence electrons. The summed E-state index contributed by atoms with van der Waals surface area (Å²) in [7, 11) is 0. The number of Topliss-reactive ketones (excluding diaryl/α,β-unsaturated/α-hetero) is 1. The van der Waals surface area contributed by atoms with Gasteiger partial charge < -0.3 is 28.4 Å². The van der Waals surface area contributed by atoms with E-state index in [0.29, 0.717) is 25.2 Å². The molecule has 7 heteroatoms. The fourth-order valence-corrected chi connectivity index (χ4v) is 5.34. The van der Waals surface area contributed by atoms with Gasteiger partial charge in [-0.3, -0.25) is 4.79 Å². The quantitative estimate of drug-likeness (QED) is 0.107. The Labute approximate surface area is 258 Å². The highest BCUT2D eigenvalue weighted by molar-refractivity contribution is 5.97. The molecule has 2 atom stereocenters. The number of carbonyl (C=O) groups excluding carboxylic acids is 1. The van der Waals surface area contributed by atoms with Crippen molar-refractivity contribution < 1.29 is 33.2 Å². The zero-order valence-corrected chi connectivity index (χ0v) is 26.0. The van der Waals surface area contributed by atoms with E-state index in [-0.39, 0.29) is 18.4 Å². The molecule has 4 rings (SSSR count). The highest BCUT2D eigenvalue weighted by Crippen LogP contribution is 2.19. The van der Waals surface area contributed by atoms with E-state index in [4.69, 9.17) is 28.4 Å². The van der Waals surface area contributed by atoms with Gasteiger partial charge in [0.1, 0.15) is 11.5 Å². The molecule has 0 radical (unpaired) electrons. The maximum atomic E-state index is 12.8. The molecule has 0 spiro atoms. The lowest BCUT2D eigenvalue weighted by Gasteiger charge is -2.22. The average molecular weight is 597 g/mol. The summed E-state index contributed by atoms with van der Waals surface area (Å²) in [5.41, 5.74) is 1.68. The van der Waals surface area contributed by atoms with Gasteiger partial charge in [0.2, 0.25) is 0 Å². The third kappa shape index (κ3) is 13.8. The maximum absolute atomic E-state index is 12.8. The molecule has 2 aliphatic rings. The minimum Gasteiger partial charge on any atom is -0.494 e. The summed E-state index contributed by atoms with van der Waals surface area (Å²) in [6.07, 6.45) is 15.8. The van der Waals surface area contributed by atoms with E-state index in [9.17, 15) is 4.79 Å². The summed E-state index contributed by atoms with van der Waals surface area (Å²) in [6.45, 7) is 4.59. The lowest BCUT2D eigenvalue weighted by Crippen LogP contribution is -2.22. The number of benzene rings is 2. The molecule has 2 aromatic carbocycles. The van der Waals surface area contributed by atoms with Crippen molar-refractivity contribution in [3.05, 3.63) is 59.7 Å². The molecular weight excluding hydrogens is 544 g/mol. The zero-order valence-electron chi connectivity index (χ0n) is 26.0. The predicted octanol–water partition coefficient (Wildman–Crippen LogP) is 8.08. The van der Waals surface area contributed by atoms with Gasteiger partial charge in [-0.25, -0.2) is 0 Å². The topological polar surface area (TPSA) is 72.5 Å². The highest BCUT2D eigenvalue weighted by Gasteiger charge is 2.14. The summed E-state index contributed by atoms with van der Waals surface area (Å²) < 4.78 is 34.5. The molecule has 2 unspecified atom stereocenters. The van der Waals surface area contributed by atoms with Crippen molar-refractivity contribution in [2.45, 2.75) is 109 Å². The van der Waals surface area contributed by atoms with Crippen molar-refractivity contribution in [2.24, 2.45) is 0 Å². The van der Waals surface area contributed by atoms with Crippen molar-refractivity contribution in [1.82, 2.24) is 0 Å². The van der Waals surface area contributed by atoms with Crippen LogP contribution in [-0.4, -0.2) is 58.0 Å². The Morgan fingerprint density at radius 2 is 1.05 bits per heavy atom. The van der Waals surface area contributed by atoms with Crippen LogP contribution in [0.3, 0.4) is 0 Å². The average Bonchev–Trinajstić information content (AvgIpc) is 3.05. The van der Waals surface area contributed by atoms with Crippen LogP contribution in [-0.2, 0) is 25.4 Å². The van der Waals surface area contributed by atoms with Crippen LogP contribution in [0, 0.1) is 0 Å². The lowest BCUT2D eigenvalue weighted by molar-refractivity contribution is -0.163. The van der Waals surface area contributed by atoms with Gasteiger partial charge in [-0.2, -0.15) is 0 Å². The van der Waals surface area contributed by atoms with Crippen molar-refractivity contribution in [3.63, 3.8) is 0 Å². The molecule has 2 heterocycles. The second kappa shape index (κ2) is 20.5. The Morgan fingerprint density at radius 1 is 0.581 bits per heavy atom. The third-order valence-electron chi connectivity index (χ3n) is 7.96. The fraction of sp³-hybridized carbons (Fsp3) is 0.639. The highest BCUT2D eigenvalue weighted by atomic mass is 16.7. The van der Waals surface area contributed by atoms with Gasteiger partial charge >= 0.3 is 0 Å². The fourth-order valence-electron chi connectivity index (χ4n) is 5.34. The summed E-state index contributed by atoms with van der Waals surface area (Å²) in [5.74, 6) is 1.75. The van der Waals surface area contributed by atoms with Crippen LogP contribution in [0.15, 0.2) is 48.5 Å². The number of unbranched alkanes of at least 4 members (excludes halogenated alkanes) is 6. The first kappa shape index (κ1) is 33.4. The lowest BCUT2D eigenvalue weighted by atomic mass is 10.0. The van der Waals surface area contributed by atoms with Crippen molar-refractivity contribution in [1.29, 1.82) is 0 Å². The van der Waals surface area contributed by atoms with Crippen LogP contribution >= 0.6 is 0 Å². The van der Waals surface area contributed by atoms with E-state index in [2.05, 4.69) is 0 Å². The van der Waals surface area contributed by atoms with Gasteiger partial charge in [-0.05, 0) is 119 Å². The molecule has 2 aliphatic heterocycles. The Kier molecular flexibility index (Phi) is 15.9. The van der Waals surface area contributed by atoms with Gasteiger partial charge in [0, 0.05) is 38.4 Å². The van der Waals surface area contributed by atoms with E-state index < -0.39 is 0 Å². The normalized spacial score (nSPS) is 18.8. The summed E-state index contributed by atoms with van der Waals surface area (Å²) in [5, 5.41) is 0. The first-order chi connectivity index (χ1) is 21.3. The summed E-state index contributed by atoms with van der Waals surface area (Å²) in [6, 6.07) is 15.4. The minimum absolute atomic E-state index is 0.0102. The van der Waals surface area contributed by atoms with E-state index in [1.54, 1.807) is 0 Å². The second-order valence-corrected chi connectivity index (χ2v) is 11.6. The van der Waals surface area contributed by atoms with Gasteiger partial charge in [0.25, 0.3) is 0 Å². The molecule has 0 aromatic heterocycles. The molecular formula is C36H52O7. The Bertz CT molecular complexity index is 995. The van der Waals surface area contributed by atoms with Gasteiger partial charge in [-0.1, -0.05) is 25.0 Å². The zero-order chi connectivity index (χ0) is 29.8. The van der Waals surface area contributed by atoms with Gasteiger partial charge in [-0.15, -0.1) is 0 Å². The first-order valence-electron chi connectivity index (χ1n) is 16.7. The van der Waals surface area contributed by atoms with Crippen LogP contribution in [0.2, 0.25) is 0 Å². The second-order valence-electron chi connectivity index (χ2n) is 11.6. The third-order valence-corrected chi connectivity index (χ3v) is 7.96. The summed E-state index contributed by atoms with van der Waals surface area (Å²) >= 11 is 0. The van der Waals surface area contributed by atoms with Crippen LogP contribution in [0.1, 0.15) is 106 Å². The molecule has 2 fully saturated rings. The molecule has 0 N–H and O–H groups in total. The number of rotatable bonds is 21. The molecule has 2 aromatic rings. The molecule has 2 saturated heterocycles. The number of ether oxygens (including phenoxy) is 6. The van der Waals surface area contributed by atoms with Crippen molar-refractivity contribution >= 4 is 5.78 Å². The first-order valence-corrected chi connectivity index (χ1v) is 16.7. The Hall–Kier alpha value is -2.45. The van der Waals surface area contributed by atoms with Crippen LogP contribution < -0.4 is 9.47 Å². The standard InChI is InChI=1S/C36H52O7/c37-34(31-17-21-33(22-18-31)39-24-8-2-4-10-26-41-36-14-6-12-28-43-36)29-30-15-19-32(20-16-30)38-23-7-1-3-9-25-40-35-13-5-11-27-42-35/h15-22,35-36H,1-14,23-29H2. The minimum atomic E-state index is 0.0102. The van der Waals surface area contributed by atoms with E-state index in [1.807, 2.05) is 48.5 Å². The largest absolute Gasteiger partial charge is 0.494 e. The smallest absolute Gasteiger partial charge is 0.167 e. The SMILES string of the molecule is O=C(Cc1ccc(OCCCCCCOC2CCCCO2)cc1)c1ccc(OCCCCCCOC2CCCCO2)cc1. The van der Waals surface area contributed by atoms with Crippen molar-refractivity contribution in [3.8, 4) is 11.5 Å². The van der Waals surface area contributed by atoms with Crippen molar-refractivity contribution in [2.75, 3.05) is 39.6 Å². The molecule has 7 nitrogen and oxygen atoms in total. The van der Waals surface area contributed by atoms with Gasteiger partial charge in [0.05, 0.1) is 13.2 Å². The van der Waals surface area contributed by atoms with Crippen LogP contribution in [0.4, 0.5) is 0 Å². The number of hydrogen-bond acceptors (Lipinski definition) is 7.